The number of amides is 1. The number of carbonyl (C=O) groups is 1. The number of nitrogens with one attached hydrogen (secondary N) is 1. The maximum atomic E-state index is 12.9. The summed E-state index contributed by atoms with van der Waals surface area (Å²) in [6.45, 7) is -0.209. The summed E-state index contributed by atoms with van der Waals surface area (Å²) in [5.74, 6) is -1.98. The number of nitrogens with zero attached hydrogens (tertiary/aromatic N) is 1. The number of ether oxygens (including phenoxy) is 1. The second-order valence-corrected chi connectivity index (χ2v) is 8.83. The molecule has 2 N–H and O–H groups in total. The van der Waals surface area contributed by atoms with Crippen LogP contribution in [0.15, 0.2) is 83.8 Å². The number of rotatable bonds is 8. The molecule has 3 rings (SSSR count). The molecule has 0 fully saturated rings. The van der Waals surface area contributed by atoms with E-state index in [0.717, 1.165) is 11.1 Å². The van der Waals surface area contributed by atoms with E-state index >= 15 is 0 Å². The van der Waals surface area contributed by atoms with Crippen molar-refractivity contribution in [1.29, 1.82) is 5.26 Å². The first-order valence-corrected chi connectivity index (χ1v) is 11.0. The zero-order chi connectivity index (χ0) is 22.3. The average Bonchev–Trinajstić information content (AvgIpc) is 2.82. The molecule has 7 nitrogen and oxygen atoms in total. The van der Waals surface area contributed by atoms with Crippen LogP contribution in [0.2, 0.25) is 0 Å². The van der Waals surface area contributed by atoms with Gasteiger partial charge in [0.05, 0.1) is 28.2 Å². The van der Waals surface area contributed by atoms with Gasteiger partial charge in [-0.25, -0.2) is 13.9 Å². The highest BCUT2D eigenvalue weighted by molar-refractivity contribution is 7.91. The first-order chi connectivity index (χ1) is 14.9. The Kier molecular flexibility index (Phi) is 7.03. The van der Waals surface area contributed by atoms with Gasteiger partial charge in [-0.3, -0.25) is 10.0 Å². The molecule has 158 valence electrons. The number of hydrogen-bond acceptors (Lipinski definition) is 6. The van der Waals surface area contributed by atoms with Gasteiger partial charge in [-0.1, -0.05) is 42.5 Å². The van der Waals surface area contributed by atoms with Crippen LogP contribution in [0.4, 0.5) is 0 Å². The first-order valence-electron chi connectivity index (χ1n) is 9.38. The fraction of sp³-hybridized carbons (Fsp3) is 0.130. The smallest absolute Gasteiger partial charge is 0.250 e. The predicted octanol–water partition coefficient (Wildman–Crippen LogP) is 3.20. The minimum absolute atomic E-state index is 0.0559. The fourth-order valence-electron chi connectivity index (χ4n) is 2.96. The summed E-state index contributed by atoms with van der Waals surface area (Å²) in [5.41, 5.74) is 3.68. The van der Waals surface area contributed by atoms with Gasteiger partial charge < -0.3 is 4.74 Å². The second-order valence-electron chi connectivity index (χ2n) is 6.79. The van der Waals surface area contributed by atoms with Crippen molar-refractivity contribution in [3.05, 3.63) is 84.4 Å². The molecule has 1 atom stereocenters. The van der Waals surface area contributed by atoms with Crippen LogP contribution in [0.5, 0.6) is 5.75 Å². The van der Waals surface area contributed by atoms with E-state index in [1.54, 1.807) is 66.7 Å². The van der Waals surface area contributed by atoms with Crippen LogP contribution in [0, 0.1) is 17.2 Å². The third kappa shape index (κ3) is 5.69. The fourth-order valence-corrected chi connectivity index (χ4v) is 4.48. The van der Waals surface area contributed by atoms with E-state index in [1.807, 2.05) is 6.07 Å². The highest BCUT2D eigenvalue weighted by atomic mass is 32.2. The van der Waals surface area contributed by atoms with Gasteiger partial charge in [0, 0.05) is 0 Å². The predicted molar refractivity (Wildman–Crippen MR) is 114 cm³/mol. The molecule has 0 bridgehead atoms. The van der Waals surface area contributed by atoms with E-state index in [1.165, 1.54) is 17.6 Å². The molecule has 0 heterocycles. The summed E-state index contributed by atoms with van der Waals surface area (Å²) in [5, 5.41) is 17.9. The second kappa shape index (κ2) is 9.89. The average molecular weight is 436 g/mol. The molecule has 8 heteroatoms. The van der Waals surface area contributed by atoms with Crippen molar-refractivity contribution < 1.29 is 23.2 Å². The molecule has 0 aromatic heterocycles. The van der Waals surface area contributed by atoms with Crippen LogP contribution in [0.3, 0.4) is 0 Å². The van der Waals surface area contributed by atoms with Crippen LogP contribution < -0.4 is 10.2 Å². The SMILES string of the molecule is N#Cc1ccc(-c2ccc(S(=O)(=O)C[C@H](COc3ccccc3)C(=O)NO)cc2)cc1. The number of hydrogen-bond donors (Lipinski definition) is 2. The Labute approximate surface area is 180 Å². The van der Waals surface area contributed by atoms with Crippen molar-refractivity contribution >= 4 is 15.7 Å². The monoisotopic (exact) mass is 436 g/mol. The molecule has 0 unspecified atom stereocenters. The molecule has 0 spiro atoms. The minimum atomic E-state index is -3.82. The number of benzene rings is 3. The third-order valence-electron chi connectivity index (χ3n) is 4.66. The lowest BCUT2D eigenvalue weighted by atomic mass is 10.0. The van der Waals surface area contributed by atoms with Gasteiger partial charge in [0.1, 0.15) is 12.4 Å². The third-order valence-corrected chi connectivity index (χ3v) is 6.49. The van der Waals surface area contributed by atoms with Crippen molar-refractivity contribution in [2.45, 2.75) is 4.90 Å². The maximum Gasteiger partial charge on any atom is 0.250 e. The van der Waals surface area contributed by atoms with Gasteiger partial charge in [-0.15, -0.1) is 0 Å². The summed E-state index contributed by atoms with van der Waals surface area (Å²) < 4.78 is 31.2. The lowest BCUT2D eigenvalue weighted by Gasteiger charge is -2.16. The van der Waals surface area contributed by atoms with Crippen molar-refractivity contribution in [3.8, 4) is 22.9 Å². The normalized spacial score (nSPS) is 11.9. The Morgan fingerprint density at radius 1 is 0.968 bits per heavy atom. The highest BCUT2D eigenvalue weighted by Crippen LogP contribution is 2.23. The van der Waals surface area contributed by atoms with Crippen LogP contribution in [0.25, 0.3) is 11.1 Å². The van der Waals surface area contributed by atoms with E-state index in [9.17, 15) is 13.2 Å². The Bertz CT molecular complexity index is 1170. The number of hydroxylamine groups is 1. The lowest BCUT2D eigenvalue weighted by Crippen LogP contribution is -2.36. The largest absolute Gasteiger partial charge is 0.493 e. The molecular formula is C23H20N2O5S. The Morgan fingerprint density at radius 2 is 1.55 bits per heavy atom. The molecule has 0 aliphatic rings. The van der Waals surface area contributed by atoms with Gasteiger partial charge in [0.2, 0.25) is 0 Å². The summed E-state index contributed by atoms with van der Waals surface area (Å²) in [7, 11) is -3.82. The topological polar surface area (TPSA) is 116 Å². The molecule has 1 amide bonds. The van der Waals surface area contributed by atoms with Gasteiger partial charge >= 0.3 is 0 Å². The highest BCUT2D eigenvalue weighted by Gasteiger charge is 2.27. The van der Waals surface area contributed by atoms with E-state index in [2.05, 4.69) is 0 Å². The van der Waals surface area contributed by atoms with Crippen LogP contribution in [-0.2, 0) is 14.6 Å². The van der Waals surface area contributed by atoms with Crippen molar-refractivity contribution in [2.75, 3.05) is 12.4 Å². The number of para-hydroxylation sites is 1. The summed E-state index contributed by atoms with van der Waals surface area (Å²) >= 11 is 0. The van der Waals surface area contributed by atoms with E-state index in [4.69, 9.17) is 15.2 Å². The summed E-state index contributed by atoms with van der Waals surface area (Å²) in [4.78, 5) is 12.1. The zero-order valence-corrected chi connectivity index (χ0v) is 17.2. The molecule has 0 saturated carbocycles. The van der Waals surface area contributed by atoms with Gasteiger partial charge in [0.25, 0.3) is 5.91 Å². The number of carbonyl (C=O) groups excluding carboxylic acids is 1. The lowest BCUT2D eigenvalue weighted by molar-refractivity contribution is -0.133. The Morgan fingerprint density at radius 3 is 2.10 bits per heavy atom. The van der Waals surface area contributed by atoms with Gasteiger partial charge in [-0.2, -0.15) is 5.26 Å². The Balaban J connectivity index is 1.75. The van der Waals surface area contributed by atoms with Gasteiger partial charge in [-0.05, 0) is 47.5 Å². The molecule has 3 aromatic rings. The van der Waals surface area contributed by atoms with Gasteiger partial charge in [0.15, 0.2) is 9.84 Å². The minimum Gasteiger partial charge on any atom is -0.493 e. The molecule has 0 saturated heterocycles. The molecule has 0 aliphatic heterocycles. The number of sulfone groups is 1. The molecule has 0 aliphatic carbocycles. The van der Waals surface area contributed by atoms with E-state index in [0.29, 0.717) is 11.3 Å². The van der Waals surface area contributed by atoms with Crippen molar-refractivity contribution in [3.63, 3.8) is 0 Å². The summed E-state index contributed by atoms with van der Waals surface area (Å²) in [6, 6.07) is 23.9. The van der Waals surface area contributed by atoms with Crippen molar-refractivity contribution in [2.24, 2.45) is 5.92 Å². The molecule has 3 aromatic carbocycles. The summed E-state index contributed by atoms with van der Waals surface area (Å²) in [6.07, 6.45) is 0. The zero-order valence-electron chi connectivity index (χ0n) is 16.4. The van der Waals surface area contributed by atoms with Crippen molar-refractivity contribution in [1.82, 2.24) is 5.48 Å². The van der Waals surface area contributed by atoms with Crippen LogP contribution in [-0.4, -0.2) is 31.9 Å². The Hall–Kier alpha value is -3.67. The molecular weight excluding hydrogens is 416 g/mol. The van der Waals surface area contributed by atoms with E-state index in [-0.39, 0.29) is 11.5 Å². The standard InChI is InChI=1S/C23H20N2O5S/c24-14-17-6-8-18(9-7-17)19-10-12-22(13-11-19)31(28,29)16-20(23(26)25-27)15-30-21-4-2-1-3-5-21/h1-13,20,27H,15-16H2,(H,25,26)/t20-/m0/s1. The van der Waals surface area contributed by atoms with E-state index < -0.39 is 27.4 Å². The maximum absolute atomic E-state index is 12.9. The first kappa shape index (κ1) is 22.0. The quantitative estimate of drug-likeness (QED) is 0.414. The molecule has 0 radical (unpaired) electrons. The van der Waals surface area contributed by atoms with Crippen LogP contribution >= 0.6 is 0 Å². The van der Waals surface area contributed by atoms with Crippen LogP contribution in [0.1, 0.15) is 5.56 Å². The number of nitriles is 1. The molecule has 31 heavy (non-hydrogen) atoms.